The van der Waals surface area contributed by atoms with Crippen molar-refractivity contribution < 1.29 is 9.18 Å². The fraction of sp³-hybridized carbons (Fsp3) is 0.278. The van der Waals surface area contributed by atoms with Crippen LogP contribution in [0.25, 0.3) is 0 Å². The van der Waals surface area contributed by atoms with Crippen molar-refractivity contribution in [1.82, 2.24) is 5.32 Å². The Hall–Kier alpha value is -1.91. The first-order valence-corrected chi connectivity index (χ1v) is 7.84. The Labute approximate surface area is 140 Å². The van der Waals surface area contributed by atoms with Gasteiger partial charge in [-0.15, -0.1) is 0 Å². The highest BCUT2D eigenvalue weighted by molar-refractivity contribution is 6.31. The zero-order chi connectivity index (χ0) is 17.0. The second-order valence-corrected chi connectivity index (χ2v) is 6.00. The second-order valence-electron chi connectivity index (χ2n) is 5.59. The Morgan fingerprint density at radius 1 is 1.13 bits per heavy atom. The van der Waals surface area contributed by atoms with Gasteiger partial charge >= 0.3 is 0 Å². The van der Waals surface area contributed by atoms with E-state index in [1.54, 1.807) is 19.9 Å². The normalized spacial score (nSPS) is 14.8. The van der Waals surface area contributed by atoms with E-state index in [1.165, 1.54) is 12.1 Å². The van der Waals surface area contributed by atoms with E-state index < -0.39 is 23.8 Å². The highest BCUT2D eigenvalue weighted by Crippen LogP contribution is 2.26. The lowest BCUT2D eigenvalue weighted by molar-refractivity contribution is -0.125. The Bertz CT molecular complexity index is 658. The standard InChI is InChI=1S/C18H20ClFN2O/c1-11(17(21)13-7-4-3-5-8-13)18(23)22-12(2)16-14(19)9-6-10-15(16)20/h3-12,17H,21H2,1-2H3,(H,22,23). The lowest BCUT2D eigenvalue weighted by Crippen LogP contribution is -2.37. The molecule has 0 aromatic heterocycles. The molecule has 0 saturated heterocycles. The van der Waals surface area contributed by atoms with Crippen molar-refractivity contribution in [3.05, 3.63) is 70.5 Å². The molecule has 0 fully saturated rings. The number of benzene rings is 2. The first-order chi connectivity index (χ1) is 10.9. The largest absolute Gasteiger partial charge is 0.349 e. The summed E-state index contributed by atoms with van der Waals surface area (Å²) in [6.45, 7) is 3.45. The van der Waals surface area contributed by atoms with Gasteiger partial charge in [-0.1, -0.05) is 54.9 Å². The van der Waals surface area contributed by atoms with Crippen molar-refractivity contribution in [2.75, 3.05) is 0 Å². The van der Waals surface area contributed by atoms with Crippen molar-refractivity contribution in [1.29, 1.82) is 0 Å². The molecule has 2 aromatic rings. The molecule has 3 unspecified atom stereocenters. The van der Waals surface area contributed by atoms with Crippen LogP contribution in [-0.4, -0.2) is 5.91 Å². The minimum atomic E-state index is -0.540. The summed E-state index contributed by atoms with van der Waals surface area (Å²) in [6, 6.07) is 12.9. The van der Waals surface area contributed by atoms with Crippen LogP contribution in [0.1, 0.15) is 37.1 Å². The van der Waals surface area contributed by atoms with E-state index in [0.29, 0.717) is 0 Å². The van der Waals surface area contributed by atoms with Crippen LogP contribution < -0.4 is 11.1 Å². The molecule has 3 atom stereocenters. The van der Waals surface area contributed by atoms with Gasteiger partial charge < -0.3 is 11.1 Å². The molecule has 0 heterocycles. The van der Waals surface area contributed by atoms with Gasteiger partial charge in [0.2, 0.25) is 5.91 Å². The number of hydrogen-bond donors (Lipinski definition) is 2. The van der Waals surface area contributed by atoms with Crippen molar-refractivity contribution in [3.63, 3.8) is 0 Å². The minimum absolute atomic E-state index is 0.242. The van der Waals surface area contributed by atoms with E-state index in [4.69, 9.17) is 17.3 Å². The van der Waals surface area contributed by atoms with Gasteiger partial charge in [-0.3, -0.25) is 4.79 Å². The van der Waals surface area contributed by atoms with Crippen molar-refractivity contribution in [3.8, 4) is 0 Å². The van der Waals surface area contributed by atoms with Crippen LogP contribution in [0.15, 0.2) is 48.5 Å². The molecule has 122 valence electrons. The molecule has 0 saturated carbocycles. The number of nitrogens with one attached hydrogen (secondary N) is 1. The summed E-state index contributed by atoms with van der Waals surface area (Å²) in [5, 5.41) is 3.07. The van der Waals surface area contributed by atoms with E-state index in [9.17, 15) is 9.18 Å². The number of nitrogens with two attached hydrogens (primary N) is 1. The third-order valence-electron chi connectivity index (χ3n) is 3.93. The number of hydrogen-bond acceptors (Lipinski definition) is 2. The van der Waals surface area contributed by atoms with Gasteiger partial charge in [0.1, 0.15) is 5.82 Å². The number of rotatable bonds is 5. The Balaban J connectivity index is 2.09. The topological polar surface area (TPSA) is 55.1 Å². The van der Waals surface area contributed by atoms with Crippen molar-refractivity contribution in [2.45, 2.75) is 25.9 Å². The molecule has 0 aliphatic heterocycles. The van der Waals surface area contributed by atoms with Gasteiger partial charge in [0, 0.05) is 16.6 Å². The zero-order valence-electron chi connectivity index (χ0n) is 13.1. The second kappa shape index (κ2) is 7.57. The number of carbonyl (C=O) groups excluding carboxylic acids is 1. The fourth-order valence-electron chi connectivity index (χ4n) is 2.47. The van der Waals surface area contributed by atoms with Gasteiger partial charge in [-0.25, -0.2) is 4.39 Å². The smallest absolute Gasteiger partial charge is 0.225 e. The lowest BCUT2D eigenvalue weighted by Gasteiger charge is -2.23. The van der Waals surface area contributed by atoms with Crippen LogP contribution >= 0.6 is 11.6 Å². The average molecular weight is 335 g/mol. The summed E-state index contributed by atoms with van der Waals surface area (Å²) >= 11 is 6.03. The summed E-state index contributed by atoms with van der Waals surface area (Å²) in [5.41, 5.74) is 7.31. The van der Waals surface area contributed by atoms with E-state index in [1.807, 2.05) is 30.3 Å². The van der Waals surface area contributed by atoms with Crippen LogP contribution in [-0.2, 0) is 4.79 Å². The van der Waals surface area contributed by atoms with Crippen molar-refractivity contribution in [2.24, 2.45) is 11.7 Å². The fourth-order valence-corrected chi connectivity index (χ4v) is 2.80. The Morgan fingerprint density at radius 2 is 1.78 bits per heavy atom. The van der Waals surface area contributed by atoms with Crippen LogP contribution in [0.4, 0.5) is 4.39 Å². The quantitative estimate of drug-likeness (QED) is 0.868. The average Bonchev–Trinajstić information content (AvgIpc) is 2.54. The van der Waals surface area contributed by atoms with Crippen LogP contribution in [0, 0.1) is 11.7 Å². The maximum absolute atomic E-state index is 13.9. The molecular weight excluding hydrogens is 315 g/mol. The predicted molar refractivity (Wildman–Crippen MR) is 90.5 cm³/mol. The molecule has 2 aromatic carbocycles. The minimum Gasteiger partial charge on any atom is -0.349 e. The summed E-state index contributed by atoms with van der Waals surface area (Å²) in [4.78, 5) is 12.4. The van der Waals surface area contributed by atoms with Gasteiger partial charge in [0.15, 0.2) is 0 Å². The maximum atomic E-state index is 13.9. The van der Waals surface area contributed by atoms with E-state index >= 15 is 0 Å². The molecule has 1 amide bonds. The highest BCUT2D eigenvalue weighted by atomic mass is 35.5. The van der Waals surface area contributed by atoms with Gasteiger partial charge in [0.05, 0.1) is 12.0 Å². The molecule has 0 bridgehead atoms. The van der Waals surface area contributed by atoms with Crippen LogP contribution in [0.3, 0.4) is 0 Å². The summed E-state index contributed by atoms with van der Waals surface area (Å²) in [5.74, 6) is -1.14. The van der Waals surface area contributed by atoms with Crippen LogP contribution in [0.5, 0.6) is 0 Å². The van der Waals surface area contributed by atoms with Gasteiger partial charge in [-0.2, -0.15) is 0 Å². The highest BCUT2D eigenvalue weighted by Gasteiger charge is 2.25. The monoisotopic (exact) mass is 334 g/mol. The Kier molecular flexibility index (Phi) is 5.74. The van der Waals surface area contributed by atoms with E-state index in [-0.39, 0.29) is 16.5 Å². The number of carbonyl (C=O) groups is 1. The van der Waals surface area contributed by atoms with Crippen LogP contribution in [0.2, 0.25) is 5.02 Å². The van der Waals surface area contributed by atoms with Gasteiger partial charge in [0.25, 0.3) is 0 Å². The molecule has 3 N–H and O–H groups in total. The molecule has 0 aliphatic carbocycles. The molecule has 3 nitrogen and oxygen atoms in total. The summed E-state index contributed by atoms with van der Waals surface area (Å²) in [7, 11) is 0. The van der Waals surface area contributed by atoms with E-state index in [0.717, 1.165) is 5.56 Å². The third kappa shape index (κ3) is 4.09. The van der Waals surface area contributed by atoms with Gasteiger partial charge in [-0.05, 0) is 24.6 Å². The first-order valence-electron chi connectivity index (χ1n) is 7.46. The first kappa shape index (κ1) is 17.4. The van der Waals surface area contributed by atoms with Crippen molar-refractivity contribution >= 4 is 17.5 Å². The summed E-state index contributed by atoms with van der Waals surface area (Å²) < 4.78 is 13.9. The molecule has 0 spiro atoms. The van der Waals surface area contributed by atoms with E-state index in [2.05, 4.69) is 5.32 Å². The number of halogens is 2. The third-order valence-corrected chi connectivity index (χ3v) is 4.26. The lowest BCUT2D eigenvalue weighted by atomic mass is 9.94. The molecule has 2 rings (SSSR count). The molecular formula is C18H20ClFN2O. The molecule has 5 heteroatoms. The predicted octanol–water partition coefficient (Wildman–Crippen LogP) is 3.99. The number of amides is 1. The molecule has 23 heavy (non-hydrogen) atoms. The maximum Gasteiger partial charge on any atom is 0.225 e. The zero-order valence-corrected chi connectivity index (χ0v) is 13.8. The summed E-state index contributed by atoms with van der Waals surface area (Å²) in [6.07, 6.45) is 0. The molecule has 0 aliphatic rings. The molecule has 0 radical (unpaired) electrons. The Morgan fingerprint density at radius 3 is 2.39 bits per heavy atom. The SMILES string of the molecule is CC(NC(=O)C(C)C(N)c1ccccc1)c1c(F)cccc1Cl.